The van der Waals surface area contributed by atoms with Gasteiger partial charge in [0.15, 0.2) is 0 Å². The first-order chi connectivity index (χ1) is 8.32. The molecule has 0 aliphatic carbocycles. The Kier molecular flexibility index (Phi) is 5.10. The highest BCUT2D eigenvalue weighted by Gasteiger charge is 2.17. The smallest absolute Gasteiger partial charge is 0.321 e. The molecule has 3 N–H and O–H groups in total. The molecule has 1 aromatic rings. The molecule has 0 fully saturated rings. The van der Waals surface area contributed by atoms with Crippen LogP contribution in [0.3, 0.4) is 0 Å². The summed E-state index contributed by atoms with van der Waals surface area (Å²) in [7, 11) is -4.31. The summed E-state index contributed by atoms with van der Waals surface area (Å²) in [5.74, 6) is 0. The predicted octanol–water partition coefficient (Wildman–Crippen LogP) is 0.412. The lowest BCUT2D eigenvalue weighted by Crippen LogP contribution is -2.36. The molecular weight excluding hydrogens is 267 g/mol. The Hall–Kier alpha value is -1.14. The molecule has 8 heteroatoms. The highest BCUT2D eigenvalue weighted by Crippen LogP contribution is 2.32. The normalized spacial score (nSPS) is 13.6. The van der Waals surface area contributed by atoms with Crippen LogP contribution < -0.4 is 10.6 Å². The van der Waals surface area contributed by atoms with E-state index in [0.29, 0.717) is 11.8 Å². The van der Waals surface area contributed by atoms with Gasteiger partial charge >= 0.3 is 7.60 Å². The molecule has 0 amide bonds. The van der Waals surface area contributed by atoms with Gasteiger partial charge in [-0.15, -0.1) is 0 Å². The van der Waals surface area contributed by atoms with Crippen LogP contribution in [0.2, 0.25) is 0 Å². The summed E-state index contributed by atoms with van der Waals surface area (Å²) in [4.78, 5) is 28.3. The van der Waals surface area contributed by atoms with Crippen molar-refractivity contribution < 1.29 is 27.9 Å². The van der Waals surface area contributed by atoms with Crippen molar-refractivity contribution in [1.29, 1.82) is 0 Å². The van der Waals surface area contributed by atoms with Crippen molar-refractivity contribution in [3.63, 3.8) is 0 Å². The maximum atomic E-state index is 12.0. The van der Waals surface area contributed by atoms with E-state index in [1.54, 1.807) is 5.32 Å². The van der Waals surface area contributed by atoms with Gasteiger partial charge in [0.1, 0.15) is 6.29 Å². The van der Waals surface area contributed by atoms with Gasteiger partial charge in [-0.1, -0.05) is 12.1 Å². The van der Waals surface area contributed by atoms with Gasteiger partial charge in [0.05, 0.1) is 11.3 Å². The lowest BCUT2D eigenvalue weighted by Gasteiger charge is -2.12. The number of hydrogen-bond acceptors (Lipinski definition) is 3. The third-order valence-corrected chi connectivity index (χ3v) is 3.20. The number of hydrogen-bond donors (Lipinski definition) is 3. The van der Waals surface area contributed by atoms with E-state index >= 15 is 0 Å². The number of halogens is 2. The molecular formula is C10H12F2NO4P. The minimum atomic E-state index is -4.31. The number of carbonyl (C=O) groups is 1. The minimum absolute atomic E-state index is 0.0231. The average Bonchev–Trinajstić information content (AvgIpc) is 2.27. The maximum Gasteiger partial charge on any atom is 0.356 e. The van der Waals surface area contributed by atoms with Crippen molar-refractivity contribution in [2.75, 3.05) is 0 Å². The monoisotopic (exact) mass is 279 g/mol. The van der Waals surface area contributed by atoms with Crippen LogP contribution in [0.25, 0.3) is 0 Å². The van der Waals surface area contributed by atoms with Crippen molar-refractivity contribution in [2.45, 2.75) is 19.0 Å². The number of nitrogens with one attached hydrogen (secondary N) is 1. The van der Waals surface area contributed by atoms with Crippen LogP contribution in [0.15, 0.2) is 24.3 Å². The molecule has 0 radical (unpaired) electrons. The Morgan fingerprint density at radius 1 is 1.28 bits per heavy atom. The van der Waals surface area contributed by atoms with E-state index < -0.39 is 20.2 Å². The summed E-state index contributed by atoms with van der Waals surface area (Å²) in [6.45, 7) is -2.80. The van der Waals surface area contributed by atoms with E-state index in [4.69, 9.17) is 9.79 Å². The van der Waals surface area contributed by atoms with E-state index in [-0.39, 0.29) is 11.7 Å². The molecule has 0 saturated carbocycles. The van der Waals surface area contributed by atoms with Gasteiger partial charge in [-0.2, -0.15) is 8.78 Å². The van der Waals surface area contributed by atoms with Crippen LogP contribution in [0.1, 0.15) is 5.56 Å². The Morgan fingerprint density at radius 3 is 2.22 bits per heavy atom. The summed E-state index contributed by atoms with van der Waals surface area (Å²) in [6.07, 6.45) is 0.387. The van der Waals surface area contributed by atoms with Crippen LogP contribution in [0.5, 0.6) is 0 Å². The highest BCUT2D eigenvalue weighted by atomic mass is 31.2. The Labute approximate surface area is 102 Å². The van der Waals surface area contributed by atoms with E-state index in [2.05, 4.69) is 0 Å². The topological polar surface area (TPSA) is 86.6 Å². The second kappa shape index (κ2) is 6.15. The van der Waals surface area contributed by atoms with E-state index in [1.165, 1.54) is 24.3 Å². The Balaban J connectivity index is 2.74. The lowest BCUT2D eigenvalue weighted by molar-refractivity contribution is -0.110. The third kappa shape index (κ3) is 4.62. The second-order valence-corrected chi connectivity index (χ2v) is 5.23. The molecule has 0 aromatic heterocycles. The fraction of sp³-hybridized carbons (Fsp3) is 0.300. The third-order valence-electron chi connectivity index (χ3n) is 2.23. The van der Waals surface area contributed by atoms with Crippen molar-refractivity contribution >= 4 is 19.2 Å². The van der Waals surface area contributed by atoms with Crippen molar-refractivity contribution in [3.8, 4) is 0 Å². The first-order valence-corrected chi connectivity index (χ1v) is 6.58. The molecule has 18 heavy (non-hydrogen) atoms. The van der Waals surface area contributed by atoms with Crippen molar-refractivity contribution in [3.05, 3.63) is 29.8 Å². The fourth-order valence-electron chi connectivity index (χ4n) is 1.39. The van der Waals surface area contributed by atoms with E-state index in [0.717, 1.165) is 0 Å². The standard InChI is InChI=1S/C10H12F2NO4P/c11-10(12)13-8(6-14)5-7-1-3-9(4-2-7)18(15,16)17/h1-4,6,8,10,13H,5H2,(H2,15,16,17)/t8-/m0/s1. The average molecular weight is 279 g/mol. The van der Waals surface area contributed by atoms with Gasteiger partial charge in [0, 0.05) is 0 Å². The van der Waals surface area contributed by atoms with Crippen molar-refractivity contribution in [2.24, 2.45) is 0 Å². The lowest BCUT2D eigenvalue weighted by atomic mass is 10.1. The summed E-state index contributed by atoms with van der Waals surface area (Å²) in [6, 6.07) is 4.16. The zero-order valence-electron chi connectivity index (χ0n) is 9.16. The summed E-state index contributed by atoms with van der Waals surface area (Å²) in [5.41, 5.74) is 0.525. The number of carbonyl (C=O) groups excluding carboxylic acids is 1. The van der Waals surface area contributed by atoms with Crippen molar-refractivity contribution in [1.82, 2.24) is 5.32 Å². The van der Waals surface area contributed by atoms with Gasteiger partial charge in [0.25, 0.3) is 6.55 Å². The number of rotatable bonds is 6. The molecule has 0 aliphatic heterocycles. The quantitative estimate of drug-likeness (QED) is 0.399. The van der Waals surface area contributed by atoms with Crippen LogP contribution in [0.4, 0.5) is 8.78 Å². The zero-order valence-corrected chi connectivity index (χ0v) is 10.1. The van der Waals surface area contributed by atoms with Gasteiger partial charge in [-0.25, -0.2) is 0 Å². The van der Waals surface area contributed by atoms with Crippen LogP contribution >= 0.6 is 7.60 Å². The molecule has 100 valence electrons. The van der Waals surface area contributed by atoms with Gasteiger partial charge in [-0.05, 0) is 24.1 Å². The molecule has 0 aliphatic rings. The number of alkyl halides is 2. The van der Waals surface area contributed by atoms with Crippen LogP contribution in [-0.2, 0) is 15.8 Å². The van der Waals surface area contributed by atoms with E-state index in [1.807, 2.05) is 0 Å². The second-order valence-electron chi connectivity index (χ2n) is 3.62. The molecule has 5 nitrogen and oxygen atoms in total. The first kappa shape index (κ1) is 14.9. The molecule has 0 saturated heterocycles. The fourth-order valence-corrected chi connectivity index (χ4v) is 1.93. The van der Waals surface area contributed by atoms with Gasteiger partial charge < -0.3 is 14.6 Å². The summed E-state index contributed by atoms with van der Waals surface area (Å²) >= 11 is 0. The summed E-state index contributed by atoms with van der Waals surface area (Å²) in [5, 5.41) is 1.61. The molecule has 1 atom stereocenters. The molecule has 0 heterocycles. The SMILES string of the molecule is O=C[C@H](Cc1ccc(P(=O)(O)O)cc1)NC(F)F. The summed E-state index contributed by atoms with van der Waals surface area (Å²) < 4.78 is 34.9. The Morgan fingerprint density at radius 2 is 1.83 bits per heavy atom. The van der Waals surface area contributed by atoms with Gasteiger partial charge in [-0.3, -0.25) is 9.88 Å². The molecule has 0 unspecified atom stereocenters. The zero-order chi connectivity index (χ0) is 13.8. The van der Waals surface area contributed by atoms with E-state index in [9.17, 15) is 18.1 Å². The molecule has 0 spiro atoms. The van der Waals surface area contributed by atoms with Crippen LogP contribution in [-0.4, -0.2) is 28.7 Å². The van der Waals surface area contributed by atoms with Gasteiger partial charge in [0.2, 0.25) is 0 Å². The number of aldehydes is 1. The number of benzene rings is 1. The molecule has 1 aromatic carbocycles. The minimum Gasteiger partial charge on any atom is -0.321 e. The predicted molar refractivity (Wildman–Crippen MR) is 60.8 cm³/mol. The Bertz CT molecular complexity index is 446. The highest BCUT2D eigenvalue weighted by molar-refractivity contribution is 7.60. The largest absolute Gasteiger partial charge is 0.356 e. The van der Waals surface area contributed by atoms with Crippen LogP contribution in [0, 0.1) is 0 Å². The molecule has 0 bridgehead atoms. The molecule has 1 rings (SSSR count). The first-order valence-electron chi connectivity index (χ1n) is 4.97. The maximum absolute atomic E-state index is 12.0.